The number of para-hydroxylation sites is 1. The van der Waals surface area contributed by atoms with Crippen molar-refractivity contribution in [3.63, 3.8) is 0 Å². The number of hydrogen-bond acceptors (Lipinski definition) is 3. The van der Waals surface area contributed by atoms with Gasteiger partial charge in [-0.25, -0.2) is 0 Å². The van der Waals surface area contributed by atoms with Gasteiger partial charge in [-0.1, -0.05) is 35.9 Å². The van der Waals surface area contributed by atoms with Crippen molar-refractivity contribution >= 4 is 17.5 Å². The van der Waals surface area contributed by atoms with Crippen molar-refractivity contribution in [2.45, 2.75) is 19.8 Å². The van der Waals surface area contributed by atoms with Crippen LogP contribution in [0.5, 0.6) is 5.75 Å². The van der Waals surface area contributed by atoms with Gasteiger partial charge in [0.25, 0.3) is 0 Å². The van der Waals surface area contributed by atoms with Gasteiger partial charge in [-0.15, -0.1) is 0 Å². The summed E-state index contributed by atoms with van der Waals surface area (Å²) in [5.74, 6) is 0.224. The molecule has 2 rings (SSSR count). The second-order valence-corrected chi connectivity index (χ2v) is 5.81. The fourth-order valence-electron chi connectivity index (χ4n) is 2.51. The first-order valence-electron chi connectivity index (χ1n) is 7.95. The molecule has 0 aliphatic rings. The van der Waals surface area contributed by atoms with Gasteiger partial charge < -0.3 is 15.8 Å². The van der Waals surface area contributed by atoms with Crippen LogP contribution in [0.4, 0.5) is 5.69 Å². The number of hydrogen-bond donors (Lipinski definition) is 2. The lowest BCUT2D eigenvalue weighted by Crippen LogP contribution is -2.13. The first-order valence-corrected chi connectivity index (χ1v) is 7.95. The Labute approximate surface area is 147 Å². The topological polar surface area (TPSA) is 81.4 Å². The fraction of sp³-hybridized carbons (Fsp3) is 0.200. The Balaban J connectivity index is 1.98. The van der Waals surface area contributed by atoms with E-state index in [1.54, 1.807) is 37.5 Å². The maximum Gasteiger partial charge on any atom is 0.248 e. The number of allylic oxidation sites excluding steroid dienone is 1. The quantitative estimate of drug-likeness (QED) is 0.762. The molecule has 0 atom stereocenters. The molecule has 0 heterocycles. The van der Waals surface area contributed by atoms with Crippen LogP contribution in [0.3, 0.4) is 0 Å². The number of rotatable bonds is 7. The van der Waals surface area contributed by atoms with E-state index >= 15 is 0 Å². The van der Waals surface area contributed by atoms with Gasteiger partial charge in [0, 0.05) is 11.8 Å². The van der Waals surface area contributed by atoms with Gasteiger partial charge >= 0.3 is 0 Å². The third kappa shape index (κ3) is 5.80. The molecular weight excluding hydrogens is 316 g/mol. The van der Waals surface area contributed by atoms with Crippen molar-refractivity contribution < 1.29 is 14.3 Å². The minimum Gasteiger partial charge on any atom is -0.496 e. The summed E-state index contributed by atoms with van der Waals surface area (Å²) < 4.78 is 5.32. The number of benzene rings is 2. The summed E-state index contributed by atoms with van der Waals surface area (Å²) in [7, 11) is 1.63. The van der Waals surface area contributed by atoms with Crippen LogP contribution < -0.4 is 15.8 Å². The highest BCUT2D eigenvalue weighted by Gasteiger charge is 2.05. The Morgan fingerprint density at radius 3 is 2.40 bits per heavy atom. The number of primary amides is 1. The zero-order valence-corrected chi connectivity index (χ0v) is 14.4. The van der Waals surface area contributed by atoms with Gasteiger partial charge in [-0.05, 0) is 42.7 Å². The van der Waals surface area contributed by atoms with Crippen molar-refractivity contribution in [2.75, 3.05) is 12.4 Å². The second kappa shape index (κ2) is 8.68. The minimum atomic E-state index is -0.383. The summed E-state index contributed by atoms with van der Waals surface area (Å²) in [6.45, 7) is 1.90. The predicted molar refractivity (Wildman–Crippen MR) is 98.4 cm³/mol. The van der Waals surface area contributed by atoms with Gasteiger partial charge in [0.1, 0.15) is 5.75 Å². The molecule has 0 aromatic heterocycles. The van der Waals surface area contributed by atoms with Crippen LogP contribution in [0.1, 0.15) is 18.1 Å². The zero-order valence-electron chi connectivity index (χ0n) is 14.4. The third-order valence-corrected chi connectivity index (χ3v) is 3.64. The number of nitrogens with two attached hydrogens (primary N) is 1. The van der Waals surface area contributed by atoms with Crippen molar-refractivity contribution in [1.82, 2.24) is 0 Å². The second-order valence-electron chi connectivity index (χ2n) is 5.81. The summed E-state index contributed by atoms with van der Waals surface area (Å²) in [5, 5.41) is 2.80. The first-order chi connectivity index (χ1) is 12.0. The highest BCUT2D eigenvalue weighted by molar-refractivity contribution is 5.99. The zero-order chi connectivity index (χ0) is 18.2. The highest BCUT2D eigenvalue weighted by Crippen LogP contribution is 2.20. The Bertz CT molecular complexity index is 780. The van der Waals surface area contributed by atoms with Crippen LogP contribution in [0.2, 0.25) is 0 Å². The number of carbonyl (C=O) groups excluding carboxylic acids is 2. The van der Waals surface area contributed by atoms with Crippen LogP contribution in [0.25, 0.3) is 0 Å². The molecule has 0 aliphatic heterocycles. The van der Waals surface area contributed by atoms with Crippen LogP contribution in [-0.2, 0) is 22.4 Å². The van der Waals surface area contributed by atoms with E-state index in [2.05, 4.69) is 5.32 Å². The molecule has 5 nitrogen and oxygen atoms in total. The smallest absolute Gasteiger partial charge is 0.248 e. The standard InChI is InChI=1S/C20H22N2O3/c1-14(11-16-5-3-4-6-18(16)25-2)12-20(24)22-17-9-7-15(8-10-17)13-19(21)23/h3-10,12H,11,13H2,1-2H3,(H2,21,23)(H,22,24)/b14-12-. The van der Waals surface area contributed by atoms with E-state index in [1.807, 2.05) is 31.2 Å². The van der Waals surface area contributed by atoms with Crippen LogP contribution in [0, 0.1) is 0 Å². The normalized spacial score (nSPS) is 11.0. The van der Waals surface area contributed by atoms with Crippen molar-refractivity contribution in [3.8, 4) is 5.75 Å². The summed E-state index contributed by atoms with van der Waals surface area (Å²) in [6.07, 6.45) is 2.39. The van der Waals surface area contributed by atoms with Gasteiger partial charge in [0.2, 0.25) is 11.8 Å². The Morgan fingerprint density at radius 2 is 1.76 bits per heavy atom. The number of carbonyl (C=O) groups is 2. The van der Waals surface area contributed by atoms with E-state index in [0.717, 1.165) is 22.4 Å². The van der Waals surface area contributed by atoms with E-state index in [0.29, 0.717) is 12.1 Å². The molecule has 0 aliphatic carbocycles. The molecular formula is C20H22N2O3. The lowest BCUT2D eigenvalue weighted by molar-refractivity contribution is -0.117. The van der Waals surface area contributed by atoms with E-state index in [-0.39, 0.29) is 18.2 Å². The molecule has 2 aromatic carbocycles. The lowest BCUT2D eigenvalue weighted by Gasteiger charge is -2.08. The Hall–Kier alpha value is -3.08. The SMILES string of the molecule is COc1ccccc1C/C(C)=C\C(=O)Nc1ccc(CC(N)=O)cc1. The first kappa shape index (κ1) is 18.3. The molecule has 5 heteroatoms. The van der Waals surface area contributed by atoms with Gasteiger partial charge in [0.05, 0.1) is 13.5 Å². The summed E-state index contributed by atoms with van der Waals surface area (Å²) >= 11 is 0. The van der Waals surface area contributed by atoms with Gasteiger partial charge in [-0.2, -0.15) is 0 Å². The van der Waals surface area contributed by atoms with Gasteiger partial charge in [0.15, 0.2) is 0 Å². The Morgan fingerprint density at radius 1 is 1.08 bits per heavy atom. The van der Waals surface area contributed by atoms with E-state index in [9.17, 15) is 9.59 Å². The molecule has 0 saturated carbocycles. The number of amides is 2. The molecule has 0 saturated heterocycles. The molecule has 0 bridgehead atoms. The molecule has 0 fully saturated rings. The maximum absolute atomic E-state index is 12.1. The number of anilines is 1. The Kier molecular flexibility index (Phi) is 6.34. The number of ether oxygens (including phenoxy) is 1. The number of nitrogens with one attached hydrogen (secondary N) is 1. The minimum absolute atomic E-state index is 0.187. The van der Waals surface area contributed by atoms with Crippen molar-refractivity contribution in [1.29, 1.82) is 0 Å². The summed E-state index contributed by atoms with van der Waals surface area (Å²) in [6, 6.07) is 14.8. The van der Waals surface area contributed by atoms with Crippen LogP contribution >= 0.6 is 0 Å². The molecule has 130 valence electrons. The van der Waals surface area contributed by atoms with Crippen molar-refractivity contribution in [2.24, 2.45) is 5.73 Å². The van der Waals surface area contributed by atoms with Crippen molar-refractivity contribution in [3.05, 3.63) is 71.3 Å². The average molecular weight is 338 g/mol. The van der Waals surface area contributed by atoms with E-state index < -0.39 is 0 Å². The molecule has 3 N–H and O–H groups in total. The molecule has 0 unspecified atom stereocenters. The summed E-state index contributed by atoms with van der Waals surface area (Å²) in [4.78, 5) is 23.0. The third-order valence-electron chi connectivity index (χ3n) is 3.64. The van der Waals surface area contributed by atoms with Crippen LogP contribution in [-0.4, -0.2) is 18.9 Å². The van der Waals surface area contributed by atoms with E-state index in [4.69, 9.17) is 10.5 Å². The average Bonchev–Trinajstić information content (AvgIpc) is 2.56. The molecule has 25 heavy (non-hydrogen) atoms. The predicted octanol–water partition coefficient (Wildman–Crippen LogP) is 2.85. The highest BCUT2D eigenvalue weighted by atomic mass is 16.5. The molecule has 0 radical (unpaired) electrons. The number of methoxy groups -OCH3 is 1. The molecule has 0 spiro atoms. The van der Waals surface area contributed by atoms with Gasteiger partial charge in [-0.3, -0.25) is 9.59 Å². The maximum atomic E-state index is 12.1. The molecule has 2 aromatic rings. The summed E-state index contributed by atoms with van der Waals surface area (Å²) in [5.41, 5.74) is 8.59. The largest absolute Gasteiger partial charge is 0.496 e. The molecule has 2 amide bonds. The van der Waals surface area contributed by atoms with Crippen LogP contribution in [0.15, 0.2) is 60.2 Å². The monoisotopic (exact) mass is 338 g/mol. The van der Waals surface area contributed by atoms with E-state index in [1.165, 1.54) is 0 Å². The lowest BCUT2D eigenvalue weighted by atomic mass is 10.0. The fourth-order valence-corrected chi connectivity index (χ4v) is 2.51.